The van der Waals surface area contributed by atoms with Gasteiger partial charge in [0.15, 0.2) is 0 Å². The summed E-state index contributed by atoms with van der Waals surface area (Å²) < 4.78 is 4.98. The highest BCUT2D eigenvalue weighted by Crippen LogP contribution is 2.43. The molecular weight excluding hydrogens is 242 g/mol. The molecule has 2 fully saturated rings. The Labute approximate surface area is 115 Å². The van der Waals surface area contributed by atoms with Gasteiger partial charge in [0, 0.05) is 11.8 Å². The number of alkyl carbamates (subject to hydrolysis) is 1. The molecule has 3 unspecified atom stereocenters. The van der Waals surface area contributed by atoms with E-state index in [1.807, 2.05) is 6.92 Å². The monoisotopic (exact) mass is 267 g/mol. The number of Topliss-reactive ketones (excluding diaryl/α,β-unsaturated/α-hetero) is 1. The molecule has 0 aromatic heterocycles. The molecule has 1 saturated heterocycles. The predicted molar refractivity (Wildman–Crippen MR) is 72.9 cm³/mol. The number of amides is 1. The molecule has 108 valence electrons. The van der Waals surface area contributed by atoms with Gasteiger partial charge in [-0.05, 0) is 19.3 Å². The third-order valence-corrected chi connectivity index (χ3v) is 4.68. The molecular formula is C15H25NO3. The predicted octanol–water partition coefficient (Wildman–Crippen LogP) is 3.05. The number of ether oxygens (including phenoxy) is 1. The van der Waals surface area contributed by atoms with Crippen LogP contribution in [0.25, 0.3) is 0 Å². The lowest BCUT2D eigenvalue weighted by Gasteiger charge is -2.44. The molecule has 4 heteroatoms. The minimum Gasteiger partial charge on any atom is -0.447 e. The largest absolute Gasteiger partial charge is 0.447 e. The summed E-state index contributed by atoms with van der Waals surface area (Å²) in [6.45, 7) is 4.58. The van der Waals surface area contributed by atoms with Crippen LogP contribution in [0.3, 0.4) is 0 Å². The van der Waals surface area contributed by atoms with E-state index in [0.29, 0.717) is 12.4 Å². The molecule has 1 aliphatic heterocycles. The first-order chi connectivity index (χ1) is 9.09. The average molecular weight is 267 g/mol. The van der Waals surface area contributed by atoms with Gasteiger partial charge in [-0.1, -0.05) is 39.5 Å². The lowest BCUT2D eigenvalue weighted by Crippen LogP contribution is -2.60. The average Bonchev–Trinajstić information content (AvgIpc) is 2.77. The van der Waals surface area contributed by atoms with Crippen molar-refractivity contribution < 1.29 is 14.3 Å². The van der Waals surface area contributed by atoms with Crippen LogP contribution in [-0.2, 0) is 9.53 Å². The Hall–Kier alpha value is -1.06. The second-order valence-electron chi connectivity index (χ2n) is 6.10. The molecule has 1 N–H and O–H groups in total. The fourth-order valence-electron chi connectivity index (χ4n) is 3.21. The fourth-order valence-corrected chi connectivity index (χ4v) is 3.21. The van der Waals surface area contributed by atoms with E-state index < -0.39 is 0 Å². The number of ketones is 1. The molecule has 0 aromatic carbocycles. The van der Waals surface area contributed by atoms with Gasteiger partial charge in [0.25, 0.3) is 0 Å². The van der Waals surface area contributed by atoms with Gasteiger partial charge in [-0.3, -0.25) is 4.79 Å². The third kappa shape index (κ3) is 2.93. The highest BCUT2D eigenvalue weighted by Gasteiger charge is 2.55. The molecule has 0 aromatic rings. The summed E-state index contributed by atoms with van der Waals surface area (Å²) in [5, 5.41) is 2.85. The molecule has 1 saturated carbocycles. The van der Waals surface area contributed by atoms with Crippen LogP contribution in [0.15, 0.2) is 0 Å². The molecule has 2 aliphatic rings. The molecule has 2 rings (SSSR count). The summed E-state index contributed by atoms with van der Waals surface area (Å²) in [5.74, 6) is 0.394. The van der Waals surface area contributed by atoms with Crippen molar-refractivity contribution in [3.05, 3.63) is 0 Å². The molecule has 0 bridgehead atoms. The smallest absolute Gasteiger partial charge is 0.407 e. The Morgan fingerprint density at radius 2 is 2.26 bits per heavy atom. The summed E-state index contributed by atoms with van der Waals surface area (Å²) in [6, 6.07) is 0. The lowest BCUT2D eigenvalue weighted by molar-refractivity contribution is -0.133. The van der Waals surface area contributed by atoms with Gasteiger partial charge >= 0.3 is 6.09 Å². The Morgan fingerprint density at radius 3 is 2.79 bits per heavy atom. The maximum absolute atomic E-state index is 12.5. The third-order valence-electron chi connectivity index (χ3n) is 4.68. The van der Waals surface area contributed by atoms with Crippen molar-refractivity contribution in [1.82, 2.24) is 5.32 Å². The van der Waals surface area contributed by atoms with Gasteiger partial charge < -0.3 is 10.1 Å². The summed E-state index contributed by atoms with van der Waals surface area (Å²) in [5.41, 5.74) is -0.369. The molecule has 1 amide bonds. The molecule has 3 atom stereocenters. The molecule has 1 spiro atoms. The molecule has 19 heavy (non-hydrogen) atoms. The van der Waals surface area contributed by atoms with E-state index >= 15 is 0 Å². The second kappa shape index (κ2) is 5.93. The topological polar surface area (TPSA) is 55.4 Å². The first kappa shape index (κ1) is 14.4. The maximum atomic E-state index is 12.5. The first-order valence-electron chi connectivity index (χ1n) is 7.58. The zero-order valence-corrected chi connectivity index (χ0v) is 12.0. The van der Waals surface area contributed by atoms with E-state index in [4.69, 9.17) is 4.74 Å². The molecule has 4 nitrogen and oxygen atoms in total. The standard InChI is InChI=1S/C15H25NO3/c1-3-4-5-6-7-11(2)13(17)12-8-9-15(12)10-19-14(18)16-15/h11-12H,3-10H2,1-2H3,(H,16,18). The maximum Gasteiger partial charge on any atom is 0.407 e. The summed E-state index contributed by atoms with van der Waals surface area (Å²) in [4.78, 5) is 23.6. The van der Waals surface area contributed by atoms with Crippen molar-refractivity contribution in [3.8, 4) is 0 Å². The van der Waals surface area contributed by atoms with Crippen LogP contribution < -0.4 is 5.32 Å². The van der Waals surface area contributed by atoms with Gasteiger partial charge in [-0.15, -0.1) is 0 Å². The van der Waals surface area contributed by atoms with Crippen molar-refractivity contribution in [1.29, 1.82) is 0 Å². The van der Waals surface area contributed by atoms with Gasteiger partial charge in [0.05, 0.1) is 5.54 Å². The highest BCUT2D eigenvalue weighted by molar-refractivity contribution is 5.87. The summed E-state index contributed by atoms with van der Waals surface area (Å²) in [6.07, 6.45) is 7.18. The zero-order valence-electron chi connectivity index (χ0n) is 12.0. The summed E-state index contributed by atoms with van der Waals surface area (Å²) in [7, 11) is 0. The molecule has 1 heterocycles. The SMILES string of the molecule is CCCCCCC(C)C(=O)C1CCC12COC(=O)N2. The van der Waals surface area contributed by atoms with Crippen LogP contribution in [0.5, 0.6) is 0 Å². The fraction of sp³-hybridized carbons (Fsp3) is 0.867. The Balaban J connectivity index is 1.81. The lowest BCUT2D eigenvalue weighted by atomic mass is 9.63. The van der Waals surface area contributed by atoms with Crippen LogP contribution in [0.4, 0.5) is 4.79 Å². The van der Waals surface area contributed by atoms with Crippen molar-refractivity contribution in [2.24, 2.45) is 11.8 Å². The number of carbonyl (C=O) groups is 2. The van der Waals surface area contributed by atoms with Crippen LogP contribution >= 0.6 is 0 Å². The van der Waals surface area contributed by atoms with Crippen LogP contribution in [0.2, 0.25) is 0 Å². The Kier molecular flexibility index (Phi) is 4.48. The second-order valence-corrected chi connectivity index (χ2v) is 6.10. The van der Waals surface area contributed by atoms with Crippen molar-refractivity contribution in [2.45, 2.75) is 64.3 Å². The van der Waals surface area contributed by atoms with E-state index in [1.165, 1.54) is 19.3 Å². The van der Waals surface area contributed by atoms with Crippen LogP contribution in [0, 0.1) is 11.8 Å². The van der Waals surface area contributed by atoms with E-state index in [0.717, 1.165) is 25.7 Å². The molecule has 1 aliphatic carbocycles. The number of rotatable bonds is 7. The van der Waals surface area contributed by atoms with Gasteiger partial charge in [0.2, 0.25) is 0 Å². The Morgan fingerprint density at radius 1 is 1.47 bits per heavy atom. The minimum absolute atomic E-state index is 0.0277. The van der Waals surface area contributed by atoms with Crippen molar-refractivity contribution in [3.63, 3.8) is 0 Å². The highest BCUT2D eigenvalue weighted by atomic mass is 16.6. The molecule has 0 radical (unpaired) electrons. The zero-order chi connectivity index (χ0) is 13.9. The quantitative estimate of drug-likeness (QED) is 0.721. The number of carbonyl (C=O) groups excluding carboxylic acids is 2. The van der Waals surface area contributed by atoms with E-state index in [9.17, 15) is 9.59 Å². The van der Waals surface area contributed by atoms with Gasteiger partial charge in [-0.25, -0.2) is 4.79 Å². The first-order valence-corrected chi connectivity index (χ1v) is 7.58. The van der Waals surface area contributed by atoms with Crippen molar-refractivity contribution in [2.75, 3.05) is 6.61 Å². The Bertz CT molecular complexity index is 355. The van der Waals surface area contributed by atoms with E-state index in [2.05, 4.69) is 12.2 Å². The number of hydrogen-bond donors (Lipinski definition) is 1. The normalized spacial score (nSPS) is 30.6. The summed E-state index contributed by atoms with van der Waals surface area (Å²) >= 11 is 0. The van der Waals surface area contributed by atoms with Gasteiger partial charge in [-0.2, -0.15) is 0 Å². The van der Waals surface area contributed by atoms with Crippen LogP contribution in [-0.4, -0.2) is 24.0 Å². The van der Waals surface area contributed by atoms with E-state index in [1.54, 1.807) is 0 Å². The number of unbranched alkanes of at least 4 members (excludes halogenated alkanes) is 3. The van der Waals surface area contributed by atoms with Crippen LogP contribution in [0.1, 0.15) is 58.8 Å². The van der Waals surface area contributed by atoms with E-state index in [-0.39, 0.29) is 23.5 Å². The minimum atomic E-state index is -0.369. The number of nitrogens with one attached hydrogen (secondary N) is 1. The number of hydrogen-bond acceptors (Lipinski definition) is 3. The number of cyclic esters (lactones) is 1. The van der Waals surface area contributed by atoms with Crippen molar-refractivity contribution >= 4 is 11.9 Å². The van der Waals surface area contributed by atoms with Gasteiger partial charge in [0.1, 0.15) is 12.4 Å².